The second-order valence-corrected chi connectivity index (χ2v) is 4.64. The first kappa shape index (κ1) is 25.1. The normalized spacial score (nSPS) is 8.40. The van der Waals surface area contributed by atoms with E-state index in [-0.39, 0.29) is 51.0 Å². The van der Waals surface area contributed by atoms with Gasteiger partial charge < -0.3 is 24.8 Å². The van der Waals surface area contributed by atoms with E-state index in [0.29, 0.717) is 0 Å². The van der Waals surface area contributed by atoms with Gasteiger partial charge in [-0.1, -0.05) is 47.0 Å². The first-order chi connectivity index (χ1) is 8.17. The van der Waals surface area contributed by atoms with Crippen molar-refractivity contribution in [1.82, 2.24) is 0 Å². The number of rotatable bonds is 3. The van der Waals surface area contributed by atoms with E-state index in [1.165, 1.54) is 35.1 Å². The fraction of sp³-hybridized carbons (Fsp3) is 0.412. The molecule has 2 aromatic rings. The fourth-order valence-electron chi connectivity index (χ4n) is 2.05. The maximum absolute atomic E-state index is 2.29. The fourth-order valence-corrected chi connectivity index (χ4v) is 2.05. The number of hydrogen-bond acceptors (Lipinski definition) is 0. The van der Waals surface area contributed by atoms with E-state index in [1.807, 2.05) is 0 Å². The van der Waals surface area contributed by atoms with Crippen LogP contribution in [0.3, 0.4) is 0 Å². The Labute approximate surface area is 156 Å². The molecule has 20 heavy (non-hydrogen) atoms. The zero-order chi connectivity index (χ0) is 12.7. The minimum atomic E-state index is 0. The van der Waals surface area contributed by atoms with Crippen molar-refractivity contribution in [3.8, 4) is 0 Å². The van der Waals surface area contributed by atoms with Gasteiger partial charge in [0.1, 0.15) is 0 Å². The molecule has 0 N–H and O–H groups in total. The van der Waals surface area contributed by atoms with E-state index in [0.717, 1.165) is 6.42 Å². The summed E-state index contributed by atoms with van der Waals surface area (Å²) in [6.07, 6.45) is 3.65. The quantitative estimate of drug-likeness (QED) is 0.587. The SMILES string of the molecule is CCCc1cc(C)c[c-]1C.CC[c-]1cccc1.[Cl-].[Cl-].[Zr+4]. The molecule has 0 nitrogen and oxygen atoms in total. The molecule has 2 rings (SSSR count). The maximum atomic E-state index is 2.29. The second kappa shape index (κ2) is 14.1. The maximum Gasteiger partial charge on any atom is 4.00 e. The third-order valence-electron chi connectivity index (χ3n) is 3.01. The van der Waals surface area contributed by atoms with E-state index in [2.05, 4.69) is 64.1 Å². The first-order valence-corrected chi connectivity index (χ1v) is 6.60. The Balaban J connectivity index is -0.000000262. The largest absolute Gasteiger partial charge is 4.00 e. The molecule has 0 atom stereocenters. The van der Waals surface area contributed by atoms with Crippen molar-refractivity contribution in [1.29, 1.82) is 0 Å². The van der Waals surface area contributed by atoms with Crippen molar-refractivity contribution in [3.05, 3.63) is 58.7 Å². The van der Waals surface area contributed by atoms with E-state index < -0.39 is 0 Å². The summed E-state index contributed by atoms with van der Waals surface area (Å²) in [7, 11) is 0. The van der Waals surface area contributed by atoms with Gasteiger partial charge in [-0.05, 0) is 0 Å². The molecule has 0 aliphatic carbocycles. The van der Waals surface area contributed by atoms with Crippen LogP contribution in [0.5, 0.6) is 0 Å². The monoisotopic (exact) mass is 388 g/mol. The van der Waals surface area contributed by atoms with Gasteiger partial charge in [0, 0.05) is 0 Å². The smallest absolute Gasteiger partial charge is 1.00 e. The van der Waals surface area contributed by atoms with Gasteiger partial charge in [0.05, 0.1) is 0 Å². The Morgan fingerprint density at radius 3 is 1.90 bits per heavy atom. The van der Waals surface area contributed by atoms with Gasteiger partial charge in [-0.25, -0.2) is 23.8 Å². The topological polar surface area (TPSA) is 0 Å². The van der Waals surface area contributed by atoms with Crippen LogP contribution in [0.15, 0.2) is 36.4 Å². The Hall–Kier alpha value is 0.163. The second-order valence-electron chi connectivity index (χ2n) is 4.64. The van der Waals surface area contributed by atoms with Gasteiger partial charge in [0.25, 0.3) is 0 Å². The van der Waals surface area contributed by atoms with Crippen LogP contribution in [0.2, 0.25) is 0 Å². The summed E-state index contributed by atoms with van der Waals surface area (Å²) in [4.78, 5) is 0. The van der Waals surface area contributed by atoms with E-state index in [1.54, 1.807) is 0 Å². The van der Waals surface area contributed by atoms with E-state index >= 15 is 0 Å². The molecule has 3 heteroatoms. The molecule has 0 aromatic heterocycles. The number of halogens is 2. The molecule has 0 unspecified atom stereocenters. The van der Waals surface area contributed by atoms with Crippen molar-refractivity contribution in [2.24, 2.45) is 0 Å². The summed E-state index contributed by atoms with van der Waals surface area (Å²) in [5.41, 5.74) is 5.82. The van der Waals surface area contributed by atoms with Crippen LogP contribution in [0.25, 0.3) is 0 Å². The summed E-state index contributed by atoms with van der Waals surface area (Å²) in [5, 5.41) is 0. The van der Waals surface area contributed by atoms with Crippen molar-refractivity contribution < 1.29 is 51.0 Å². The molecule has 0 fully saturated rings. The van der Waals surface area contributed by atoms with Gasteiger partial charge in [0.15, 0.2) is 0 Å². The predicted molar refractivity (Wildman–Crippen MR) is 76.9 cm³/mol. The minimum Gasteiger partial charge on any atom is -1.00 e. The summed E-state index contributed by atoms with van der Waals surface area (Å²) in [6, 6.07) is 13.0. The van der Waals surface area contributed by atoms with Crippen LogP contribution in [0.1, 0.15) is 42.5 Å². The van der Waals surface area contributed by atoms with Gasteiger partial charge in [0.2, 0.25) is 0 Å². The molecule has 0 radical (unpaired) electrons. The van der Waals surface area contributed by atoms with Gasteiger partial charge in [-0.2, -0.15) is 34.9 Å². The van der Waals surface area contributed by atoms with Crippen LogP contribution in [0, 0.1) is 13.8 Å². The molecule has 0 heterocycles. The number of hydrogen-bond donors (Lipinski definition) is 0. The van der Waals surface area contributed by atoms with Crippen LogP contribution in [0.4, 0.5) is 0 Å². The Morgan fingerprint density at radius 2 is 1.60 bits per heavy atom. The van der Waals surface area contributed by atoms with Crippen molar-refractivity contribution >= 4 is 0 Å². The predicted octanol–water partition coefficient (Wildman–Crippen LogP) is -1.05. The molecule has 110 valence electrons. The summed E-state index contributed by atoms with van der Waals surface area (Å²) in [6.45, 7) is 8.74. The minimum absolute atomic E-state index is 0. The third-order valence-corrected chi connectivity index (χ3v) is 3.01. The van der Waals surface area contributed by atoms with Crippen LogP contribution >= 0.6 is 0 Å². The first-order valence-electron chi connectivity index (χ1n) is 6.60. The third kappa shape index (κ3) is 9.16. The molecule has 0 amide bonds. The van der Waals surface area contributed by atoms with Crippen molar-refractivity contribution in [3.63, 3.8) is 0 Å². The molecule has 0 aliphatic heterocycles. The molecule has 0 aliphatic rings. The molecular formula is C17H24Cl2Zr. The van der Waals surface area contributed by atoms with Gasteiger partial charge in [-0.3, -0.25) is 0 Å². The average molecular weight is 391 g/mol. The van der Waals surface area contributed by atoms with Crippen molar-refractivity contribution in [2.45, 2.75) is 47.0 Å². The Morgan fingerprint density at radius 1 is 1.05 bits per heavy atom. The molecule has 0 saturated carbocycles. The van der Waals surface area contributed by atoms with Crippen LogP contribution < -0.4 is 24.8 Å². The summed E-state index contributed by atoms with van der Waals surface area (Å²) < 4.78 is 0. The zero-order valence-corrected chi connectivity index (χ0v) is 16.8. The van der Waals surface area contributed by atoms with Gasteiger partial charge in [-0.15, -0.1) is 0 Å². The standard InChI is InChI=1S/C10H15.C7H9.2ClH.Zr/c1-4-5-10-7-8(2)6-9(10)3;1-2-7-5-3-4-6-7;;;/h6-7H,4-5H2,1-3H3;3-6H,2H2,1H3;2*1H;/q2*-1;;;+4/p-2. The average Bonchev–Trinajstić information content (AvgIpc) is 2.90. The van der Waals surface area contributed by atoms with Crippen molar-refractivity contribution in [2.75, 3.05) is 0 Å². The summed E-state index contributed by atoms with van der Waals surface area (Å²) >= 11 is 0. The molecule has 0 bridgehead atoms. The summed E-state index contributed by atoms with van der Waals surface area (Å²) in [5.74, 6) is 0. The Bertz CT molecular complexity index is 416. The molecular weight excluding hydrogens is 366 g/mol. The van der Waals surface area contributed by atoms with E-state index in [9.17, 15) is 0 Å². The number of aryl methyl sites for hydroxylation is 4. The molecule has 2 aromatic carbocycles. The molecule has 0 saturated heterocycles. The molecule has 0 spiro atoms. The van der Waals surface area contributed by atoms with E-state index in [4.69, 9.17) is 0 Å². The van der Waals surface area contributed by atoms with Gasteiger partial charge >= 0.3 is 26.2 Å². The zero-order valence-electron chi connectivity index (χ0n) is 12.8. The Kier molecular flexibility index (Phi) is 17.7. The van der Waals surface area contributed by atoms with Crippen LogP contribution in [-0.4, -0.2) is 0 Å². The van der Waals surface area contributed by atoms with Crippen LogP contribution in [-0.2, 0) is 39.0 Å².